The first-order valence-corrected chi connectivity index (χ1v) is 4.24. The number of hydrogen-bond donors (Lipinski definition) is 1. The zero-order chi connectivity index (χ0) is 9.26. The quantitative estimate of drug-likeness (QED) is 0.598. The van der Waals surface area contributed by atoms with Crippen LogP contribution in [0.5, 0.6) is 0 Å². The van der Waals surface area contributed by atoms with Crippen LogP contribution in [-0.4, -0.2) is 6.61 Å². The van der Waals surface area contributed by atoms with E-state index in [4.69, 9.17) is 16.9 Å². The highest BCUT2D eigenvalue weighted by molar-refractivity contribution is 5.41. The smallest absolute Gasteiger partial charge is 0.0721 e. The summed E-state index contributed by atoms with van der Waals surface area (Å²) in [5, 5.41) is 0. The van der Waals surface area contributed by atoms with Gasteiger partial charge in [0.1, 0.15) is 0 Å². The lowest BCUT2D eigenvalue weighted by Crippen LogP contribution is -2.23. The lowest BCUT2D eigenvalue weighted by Gasteiger charge is -2.22. The van der Waals surface area contributed by atoms with Crippen molar-refractivity contribution >= 4 is 0 Å². The zero-order valence-electron chi connectivity index (χ0n) is 7.29. The van der Waals surface area contributed by atoms with E-state index in [2.05, 4.69) is 5.92 Å². The maximum atomic E-state index is 5.88. The molecule has 0 saturated carbocycles. The molecule has 0 radical (unpaired) electrons. The van der Waals surface area contributed by atoms with Gasteiger partial charge in [0.05, 0.1) is 19.3 Å². The lowest BCUT2D eigenvalue weighted by molar-refractivity contribution is 0.0924. The molecule has 0 bridgehead atoms. The van der Waals surface area contributed by atoms with Crippen molar-refractivity contribution in [2.45, 2.75) is 12.6 Å². The van der Waals surface area contributed by atoms with Crippen LogP contribution in [0.15, 0.2) is 18.2 Å². The standard InChI is InChI=1S/C11H11NO/c1-2-8-3-4-9-6-13-7-11(12)10(9)5-8/h1,3-5,11H,6-7,12H2/t11-/m0/s1. The SMILES string of the molecule is C#Cc1ccc2c(c1)[C@@H](N)COC2. The van der Waals surface area contributed by atoms with Crippen molar-refractivity contribution < 1.29 is 4.74 Å². The molecule has 0 fully saturated rings. The maximum absolute atomic E-state index is 5.88. The minimum absolute atomic E-state index is 0.0305. The third-order valence-electron chi connectivity index (χ3n) is 2.27. The average Bonchev–Trinajstić information content (AvgIpc) is 2.18. The van der Waals surface area contributed by atoms with Gasteiger partial charge in [-0.2, -0.15) is 0 Å². The van der Waals surface area contributed by atoms with Crippen molar-refractivity contribution in [1.29, 1.82) is 0 Å². The van der Waals surface area contributed by atoms with Gasteiger partial charge < -0.3 is 10.5 Å². The summed E-state index contributed by atoms with van der Waals surface area (Å²) >= 11 is 0. The van der Waals surface area contributed by atoms with Gasteiger partial charge in [0.25, 0.3) is 0 Å². The minimum atomic E-state index is -0.0305. The predicted octanol–water partition coefficient (Wildman–Crippen LogP) is 1.20. The Bertz CT molecular complexity index is 365. The fourth-order valence-corrected chi connectivity index (χ4v) is 1.55. The molecule has 1 aliphatic rings. The van der Waals surface area contributed by atoms with Gasteiger partial charge in [-0.15, -0.1) is 6.42 Å². The van der Waals surface area contributed by atoms with E-state index < -0.39 is 0 Å². The van der Waals surface area contributed by atoms with Crippen LogP contribution in [0, 0.1) is 12.3 Å². The molecule has 0 saturated heterocycles. The molecule has 1 aromatic rings. The van der Waals surface area contributed by atoms with Crippen LogP contribution in [-0.2, 0) is 11.3 Å². The summed E-state index contributed by atoms with van der Waals surface area (Å²) < 4.78 is 5.31. The highest BCUT2D eigenvalue weighted by atomic mass is 16.5. The molecule has 0 amide bonds. The lowest BCUT2D eigenvalue weighted by atomic mass is 9.97. The molecule has 0 aliphatic carbocycles. The van der Waals surface area contributed by atoms with Gasteiger partial charge in [-0.1, -0.05) is 12.0 Å². The van der Waals surface area contributed by atoms with Gasteiger partial charge in [0.2, 0.25) is 0 Å². The largest absolute Gasteiger partial charge is 0.375 e. The molecule has 2 N–H and O–H groups in total. The third kappa shape index (κ3) is 1.44. The van der Waals surface area contributed by atoms with Gasteiger partial charge in [-0.05, 0) is 23.3 Å². The zero-order valence-corrected chi connectivity index (χ0v) is 7.29. The molecule has 2 rings (SSSR count). The van der Waals surface area contributed by atoms with E-state index in [0.29, 0.717) is 13.2 Å². The third-order valence-corrected chi connectivity index (χ3v) is 2.27. The highest BCUT2D eigenvalue weighted by Crippen LogP contribution is 2.23. The van der Waals surface area contributed by atoms with Gasteiger partial charge in [-0.25, -0.2) is 0 Å². The summed E-state index contributed by atoms with van der Waals surface area (Å²) in [6.45, 7) is 1.23. The van der Waals surface area contributed by atoms with Crippen LogP contribution in [0.2, 0.25) is 0 Å². The van der Waals surface area contributed by atoms with Crippen molar-refractivity contribution in [3.8, 4) is 12.3 Å². The second kappa shape index (κ2) is 3.21. The molecule has 0 aromatic heterocycles. The first-order chi connectivity index (χ1) is 6.31. The van der Waals surface area contributed by atoms with Crippen molar-refractivity contribution in [3.05, 3.63) is 34.9 Å². The number of nitrogens with two attached hydrogens (primary N) is 1. The molecule has 1 heterocycles. The monoisotopic (exact) mass is 173 g/mol. The Kier molecular flexibility index (Phi) is 2.05. The Morgan fingerprint density at radius 2 is 2.38 bits per heavy atom. The molecule has 66 valence electrons. The molecule has 0 unspecified atom stereocenters. The number of rotatable bonds is 0. The van der Waals surface area contributed by atoms with Crippen LogP contribution in [0.3, 0.4) is 0 Å². The van der Waals surface area contributed by atoms with E-state index in [1.165, 1.54) is 0 Å². The summed E-state index contributed by atoms with van der Waals surface area (Å²) in [5.74, 6) is 2.60. The molecular formula is C11H11NO. The van der Waals surface area contributed by atoms with Gasteiger partial charge in [-0.3, -0.25) is 0 Å². The Morgan fingerprint density at radius 1 is 1.54 bits per heavy atom. The Morgan fingerprint density at radius 3 is 3.15 bits per heavy atom. The van der Waals surface area contributed by atoms with Crippen LogP contribution in [0.25, 0.3) is 0 Å². The summed E-state index contributed by atoms with van der Waals surface area (Å²) in [5.41, 5.74) is 9.04. The second-order valence-electron chi connectivity index (χ2n) is 3.18. The van der Waals surface area contributed by atoms with E-state index >= 15 is 0 Å². The van der Waals surface area contributed by atoms with Crippen LogP contribution >= 0.6 is 0 Å². The number of benzene rings is 1. The summed E-state index contributed by atoms with van der Waals surface area (Å²) in [4.78, 5) is 0. The normalized spacial score (nSPS) is 20.5. The minimum Gasteiger partial charge on any atom is -0.375 e. The first kappa shape index (κ1) is 8.31. The molecular weight excluding hydrogens is 162 g/mol. The summed E-state index contributed by atoms with van der Waals surface area (Å²) in [6, 6.07) is 5.85. The van der Waals surface area contributed by atoms with Crippen molar-refractivity contribution in [3.63, 3.8) is 0 Å². The fourth-order valence-electron chi connectivity index (χ4n) is 1.55. The van der Waals surface area contributed by atoms with Gasteiger partial charge >= 0.3 is 0 Å². The Balaban J connectivity index is 2.48. The topological polar surface area (TPSA) is 35.2 Å². The van der Waals surface area contributed by atoms with Gasteiger partial charge in [0.15, 0.2) is 0 Å². The van der Waals surface area contributed by atoms with Gasteiger partial charge in [0, 0.05) is 5.56 Å². The van der Waals surface area contributed by atoms with E-state index in [1.54, 1.807) is 0 Å². The molecule has 2 nitrogen and oxygen atoms in total. The summed E-state index contributed by atoms with van der Waals surface area (Å²) in [7, 11) is 0. The Labute approximate surface area is 77.7 Å². The van der Waals surface area contributed by atoms with Crippen molar-refractivity contribution in [2.24, 2.45) is 5.73 Å². The number of hydrogen-bond acceptors (Lipinski definition) is 2. The van der Waals surface area contributed by atoms with Crippen LogP contribution in [0.1, 0.15) is 22.7 Å². The highest BCUT2D eigenvalue weighted by Gasteiger charge is 2.16. The Hall–Kier alpha value is -1.30. The number of terminal acetylenes is 1. The van der Waals surface area contributed by atoms with Crippen LogP contribution < -0.4 is 5.73 Å². The van der Waals surface area contributed by atoms with E-state index in [9.17, 15) is 0 Å². The average molecular weight is 173 g/mol. The van der Waals surface area contributed by atoms with E-state index in [1.807, 2.05) is 18.2 Å². The van der Waals surface area contributed by atoms with Crippen molar-refractivity contribution in [2.75, 3.05) is 6.61 Å². The van der Waals surface area contributed by atoms with E-state index in [-0.39, 0.29) is 6.04 Å². The van der Waals surface area contributed by atoms with E-state index in [0.717, 1.165) is 16.7 Å². The number of ether oxygens (including phenoxy) is 1. The molecule has 2 heteroatoms. The predicted molar refractivity (Wildman–Crippen MR) is 51.0 cm³/mol. The molecule has 1 atom stereocenters. The molecule has 1 aromatic carbocycles. The maximum Gasteiger partial charge on any atom is 0.0721 e. The van der Waals surface area contributed by atoms with Crippen molar-refractivity contribution in [1.82, 2.24) is 0 Å². The number of fused-ring (bicyclic) bond motifs is 1. The fraction of sp³-hybridized carbons (Fsp3) is 0.273. The molecule has 13 heavy (non-hydrogen) atoms. The summed E-state index contributed by atoms with van der Waals surface area (Å²) in [6.07, 6.45) is 5.31. The van der Waals surface area contributed by atoms with Crippen LogP contribution in [0.4, 0.5) is 0 Å². The second-order valence-corrected chi connectivity index (χ2v) is 3.18. The molecule has 0 spiro atoms. The molecule has 1 aliphatic heterocycles. The first-order valence-electron chi connectivity index (χ1n) is 4.24.